The Kier molecular flexibility index (Phi) is 6.92. The summed E-state index contributed by atoms with van der Waals surface area (Å²) in [5, 5.41) is 14.8. The molecule has 1 aliphatic carbocycles. The summed E-state index contributed by atoms with van der Waals surface area (Å²) in [6.45, 7) is 2.37. The van der Waals surface area contributed by atoms with Crippen molar-refractivity contribution < 1.29 is 14.7 Å². The average molecular weight is 280 g/mol. The molecule has 3 atom stereocenters. The van der Waals surface area contributed by atoms with Gasteiger partial charge in [0.15, 0.2) is 0 Å². The number of rotatable bonds is 6. The molecule has 3 unspecified atom stereocenters. The summed E-state index contributed by atoms with van der Waals surface area (Å²) in [6.07, 6.45) is 10.1. The number of carboxylic acid groups (broad SMARTS) is 1. The molecule has 2 amide bonds. The molecule has 1 saturated carbocycles. The summed E-state index contributed by atoms with van der Waals surface area (Å²) in [6, 6.07) is -0.288. The molecule has 0 saturated heterocycles. The van der Waals surface area contributed by atoms with Crippen LogP contribution in [-0.2, 0) is 4.79 Å². The molecule has 1 aliphatic rings. The third kappa shape index (κ3) is 5.12. The van der Waals surface area contributed by atoms with Crippen molar-refractivity contribution >= 4 is 12.0 Å². The first kappa shape index (κ1) is 16.4. The Bertz CT molecular complexity index is 376. The van der Waals surface area contributed by atoms with E-state index in [4.69, 9.17) is 6.42 Å². The highest BCUT2D eigenvalue weighted by Gasteiger charge is 2.30. The monoisotopic (exact) mass is 280 g/mol. The zero-order valence-electron chi connectivity index (χ0n) is 12.0. The van der Waals surface area contributed by atoms with Crippen molar-refractivity contribution in [3.63, 3.8) is 0 Å². The predicted octanol–water partition coefficient (Wildman–Crippen LogP) is 1.98. The lowest BCUT2D eigenvalue weighted by Gasteiger charge is -2.28. The molecule has 0 bridgehead atoms. The number of nitrogens with one attached hydrogen (secondary N) is 2. The molecule has 0 aromatic carbocycles. The highest BCUT2D eigenvalue weighted by Crippen LogP contribution is 2.29. The fraction of sp³-hybridized carbons (Fsp3) is 0.733. The number of urea groups is 1. The fourth-order valence-electron chi connectivity index (χ4n) is 2.68. The highest BCUT2D eigenvalue weighted by atomic mass is 16.4. The molecule has 112 valence electrons. The maximum absolute atomic E-state index is 11.8. The van der Waals surface area contributed by atoms with E-state index >= 15 is 0 Å². The number of hydrogen-bond donors (Lipinski definition) is 3. The lowest BCUT2D eigenvalue weighted by atomic mass is 9.79. The number of carboxylic acids is 1. The van der Waals surface area contributed by atoms with Crippen LogP contribution in [0.5, 0.6) is 0 Å². The molecule has 5 nitrogen and oxygen atoms in total. The first-order valence-electron chi connectivity index (χ1n) is 7.29. The van der Waals surface area contributed by atoms with Crippen molar-refractivity contribution in [2.24, 2.45) is 11.8 Å². The summed E-state index contributed by atoms with van der Waals surface area (Å²) in [4.78, 5) is 22.9. The second kappa shape index (κ2) is 8.47. The highest BCUT2D eigenvalue weighted by molar-refractivity contribution is 5.74. The molecule has 0 aliphatic heterocycles. The molecule has 1 fully saturated rings. The predicted molar refractivity (Wildman–Crippen MR) is 77.1 cm³/mol. The van der Waals surface area contributed by atoms with E-state index in [1.807, 2.05) is 6.92 Å². The van der Waals surface area contributed by atoms with Crippen molar-refractivity contribution in [1.29, 1.82) is 0 Å². The molecular formula is C15H24N2O3. The van der Waals surface area contributed by atoms with Crippen LogP contribution >= 0.6 is 0 Å². The summed E-state index contributed by atoms with van der Waals surface area (Å²) in [7, 11) is 0. The van der Waals surface area contributed by atoms with Crippen molar-refractivity contribution in [3.8, 4) is 12.3 Å². The molecule has 0 spiro atoms. The lowest BCUT2D eigenvalue weighted by molar-refractivity contribution is -0.144. The first-order chi connectivity index (χ1) is 9.58. The molecule has 20 heavy (non-hydrogen) atoms. The molecule has 1 rings (SSSR count). The molecule has 0 heterocycles. The quantitative estimate of drug-likeness (QED) is 0.651. The Labute approximate surface area is 120 Å². The van der Waals surface area contributed by atoms with Crippen LogP contribution in [0.4, 0.5) is 4.79 Å². The van der Waals surface area contributed by atoms with Crippen molar-refractivity contribution in [1.82, 2.24) is 10.6 Å². The Balaban J connectivity index is 2.39. The van der Waals surface area contributed by atoms with Crippen LogP contribution in [-0.4, -0.2) is 29.7 Å². The van der Waals surface area contributed by atoms with E-state index in [0.717, 1.165) is 25.7 Å². The third-order valence-corrected chi connectivity index (χ3v) is 3.94. The van der Waals surface area contributed by atoms with Crippen LogP contribution in [0, 0.1) is 24.2 Å². The second-order valence-electron chi connectivity index (χ2n) is 5.36. The Morgan fingerprint density at radius 1 is 1.40 bits per heavy atom. The van der Waals surface area contributed by atoms with Gasteiger partial charge in [-0.15, -0.1) is 12.3 Å². The van der Waals surface area contributed by atoms with E-state index in [0.29, 0.717) is 19.4 Å². The average Bonchev–Trinajstić information content (AvgIpc) is 2.44. The number of amides is 2. The van der Waals surface area contributed by atoms with Gasteiger partial charge in [0.25, 0.3) is 0 Å². The van der Waals surface area contributed by atoms with Gasteiger partial charge in [-0.1, -0.05) is 19.8 Å². The minimum Gasteiger partial charge on any atom is -0.481 e. The zero-order valence-corrected chi connectivity index (χ0v) is 12.0. The Morgan fingerprint density at radius 2 is 2.10 bits per heavy atom. The molecular weight excluding hydrogens is 256 g/mol. The number of carbonyl (C=O) groups is 2. The van der Waals surface area contributed by atoms with E-state index in [1.54, 1.807) is 0 Å². The van der Waals surface area contributed by atoms with Crippen LogP contribution in [0.1, 0.15) is 45.4 Å². The number of terminal acetylenes is 1. The zero-order chi connectivity index (χ0) is 15.0. The van der Waals surface area contributed by atoms with Crippen molar-refractivity contribution in [2.45, 2.75) is 51.5 Å². The van der Waals surface area contributed by atoms with Gasteiger partial charge in [-0.3, -0.25) is 4.79 Å². The fourth-order valence-corrected chi connectivity index (χ4v) is 2.68. The van der Waals surface area contributed by atoms with Gasteiger partial charge < -0.3 is 15.7 Å². The van der Waals surface area contributed by atoms with Crippen molar-refractivity contribution in [3.05, 3.63) is 0 Å². The largest absolute Gasteiger partial charge is 0.481 e. The summed E-state index contributed by atoms with van der Waals surface area (Å²) in [5.74, 6) is 1.47. The van der Waals surface area contributed by atoms with Gasteiger partial charge in [0.1, 0.15) is 0 Å². The van der Waals surface area contributed by atoms with Gasteiger partial charge in [0, 0.05) is 19.0 Å². The Morgan fingerprint density at radius 3 is 2.70 bits per heavy atom. The minimum atomic E-state index is -0.754. The van der Waals surface area contributed by atoms with Gasteiger partial charge in [0.2, 0.25) is 0 Å². The van der Waals surface area contributed by atoms with Crippen LogP contribution in [0.15, 0.2) is 0 Å². The van der Waals surface area contributed by atoms with Gasteiger partial charge in [-0.25, -0.2) is 4.79 Å². The first-order valence-corrected chi connectivity index (χ1v) is 7.29. The molecule has 5 heteroatoms. The molecule has 0 radical (unpaired) electrons. The number of hydrogen-bond acceptors (Lipinski definition) is 2. The van der Waals surface area contributed by atoms with E-state index in [-0.39, 0.29) is 23.9 Å². The summed E-state index contributed by atoms with van der Waals surface area (Å²) in [5.41, 5.74) is 0. The van der Waals surface area contributed by atoms with Gasteiger partial charge >= 0.3 is 12.0 Å². The van der Waals surface area contributed by atoms with E-state index < -0.39 is 5.97 Å². The molecule has 0 aromatic rings. The van der Waals surface area contributed by atoms with Gasteiger partial charge in [-0.2, -0.15) is 0 Å². The van der Waals surface area contributed by atoms with E-state index in [2.05, 4.69) is 16.6 Å². The van der Waals surface area contributed by atoms with Gasteiger partial charge in [0.05, 0.1) is 5.92 Å². The second-order valence-corrected chi connectivity index (χ2v) is 5.36. The van der Waals surface area contributed by atoms with Crippen LogP contribution in [0.3, 0.4) is 0 Å². The van der Waals surface area contributed by atoms with Gasteiger partial charge in [-0.05, 0) is 25.2 Å². The van der Waals surface area contributed by atoms with E-state index in [9.17, 15) is 14.7 Å². The van der Waals surface area contributed by atoms with Crippen LogP contribution < -0.4 is 10.6 Å². The maximum Gasteiger partial charge on any atom is 0.315 e. The lowest BCUT2D eigenvalue weighted by Crippen LogP contribution is -2.45. The smallest absolute Gasteiger partial charge is 0.315 e. The third-order valence-electron chi connectivity index (χ3n) is 3.94. The van der Waals surface area contributed by atoms with E-state index in [1.165, 1.54) is 0 Å². The topological polar surface area (TPSA) is 78.4 Å². The summed E-state index contributed by atoms with van der Waals surface area (Å²) >= 11 is 0. The van der Waals surface area contributed by atoms with Crippen LogP contribution in [0.2, 0.25) is 0 Å². The number of aliphatic carboxylic acids is 1. The number of carbonyl (C=O) groups excluding carboxylic acids is 1. The standard InChI is InChI=1S/C15H24N2O3/c1-3-7-12(4-2)17-15(20)16-10-11-8-5-6-9-13(11)14(18)19/h1,11-13H,4-10H2,2H3,(H,18,19)(H2,16,17,20). The van der Waals surface area contributed by atoms with Crippen LogP contribution in [0.25, 0.3) is 0 Å². The SMILES string of the molecule is C#CCC(CC)NC(=O)NCC1CCCCC1C(=O)O. The molecule has 3 N–H and O–H groups in total. The van der Waals surface area contributed by atoms with Crippen molar-refractivity contribution in [2.75, 3.05) is 6.54 Å². The Hall–Kier alpha value is -1.70. The molecule has 0 aromatic heterocycles. The minimum absolute atomic E-state index is 0.0263. The maximum atomic E-state index is 11.8. The normalized spacial score (nSPS) is 23.4. The summed E-state index contributed by atoms with van der Waals surface area (Å²) < 4.78 is 0.